The van der Waals surface area contributed by atoms with Crippen molar-refractivity contribution in [2.24, 2.45) is 0 Å². The van der Waals surface area contributed by atoms with Gasteiger partial charge in [0.25, 0.3) is 0 Å². The molecule has 2 aromatic heterocycles. The van der Waals surface area contributed by atoms with E-state index >= 15 is 0 Å². The number of hydrogen-bond acceptors (Lipinski definition) is 3. The molecule has 1 unspecified atom stereocenters. The summed E-state index contributed by atoms with van der Waals surface area (Å²) in [5.41, 5.74) is 2.28. The molecule has 3 heteroatoms. The molecule has 0 aliphatic carbocycles. The number of rotatable bonds is 6. The second-order valence-corrected chi connectivity index (χ2v) is 5.30. The summed E-state index contributed by atoms with van der Waals surface area (Å²) in [5, 5.41) is 4.75. The minimum absolute atomic E-state index is 0.197. The summed E-state index contributed by atoms with van der Waals surface area (Å²) >= 11 is 0. The lowest BCUT2D eigenvalue weighted by atomic mass is 10.0. The van der Waals surface area contributed by atoms with E-state index in [0.29, 0.717) is 0 Å². The Bertz CT molecular complexity index is 697. The molecule has 0 amide bonds. The molecule has 0 fully saturated rings. The molecule has 0 bridgehead atoms. The van der Waals surface area contributed by atoms with Crippen LogP contribution in [0.25, 0.3) is 11.0 Å². The van der Waals surface area contributed by atoms with E-state index in [2.05, 4.69) is 31.3 Å². The second kappa shape index (κ2) is 6.19. The molecule has 0 radical (unpaired) electrons. The largest absolute Gasteiger partial charge is 0.469 e. The van der Waals surface area contributed by atoms with E-state index in [1.165, 1.54) is 10.9 Å². The van der Waals surface area contributed by atoms with Crippen LogP contribution in [-0.2, 0) is 12.8 Å². The van der Waals surface area contributed by atoms with Gasteiger partial charge in [0.1, 0.15) is 17.1 Å². The molecule has 1 aromatic carbocycles. The van der Waals surface area contributed by atoms with E-state index in [4.69, 9.17) is 8.83 Å². The van der Waals surface area contributed by atoms with Gasteiger partial charge < -0.3 is 14.2 Å². The SMILES string of the molecule is CCc1c(C(C)NCCc2ccco2)oc2ccccc12. The van der Waals surface area contributed by atoms with Gasteiger partial charge in [-0.1, -0.05) is 25.1 Å². The number of aryl methyl sites for hydroxylation is 1. The maximum atomic E-state index is 6.05. The minimum atomic E-state index is 0.197. The van der Waals surface area contributed by atoms with Gasteiger partial charge in [-0.3, -0.25) is 0 Å². The zero-order valence-corrected chi connectivity index (χ0v) is 12.6. The third-order valence-electron chi connectivity index (χ3n) is 3.88. The highest BCUT2D eigenvalue weighted by Gasteiger charge is 2.17. The van der Waals surface area contributed by atoms with Crippen molar-refractivity contribution < 1.29 is 8.83 Å². The van der Waals surface area contributed by atoms with E-state index in [1.807, 2.05) is 24.3 Å². The molecule has 21 heavy (non-hydrogen) atoms. The van der Waals surface area contributed by atoms with Crippen molar-refractivity contribution in [3.8, 4) is 0 Å². The van der Waals surface area contributed by atoms with Crippen molar-refractivity contribution in [2.75, 3.05) is 6.54 Å². The first-order valence-corrected chi connectivity index (χ1v) is 7.55. The van der Waals surface area contributed by atoms with Crippen molar-refractivity contribution in [2.45, 2.75) is 32.7 Å². The lowest BCUT2D eigenvalue weighted by Crippen LogP contribution is -2.21. The average molecular weight is 283 g/mol. The van der Waals surface area contributed by atoms with Crippen LogP contribution in [-0.4, -0.2) is 6.54 Å². The molecule has 2 heterocycles. The summed E-state index contributed by atoms with van der Waals surface area (Å²) in [5.74, 6) is 2.06. The molecule has 0 spiro atoms. The number of hydrogen-bond donors (Lipinski definition) is 1. The van der Waals surface area contributed by atoms with E-state index < -0.39 is 0 Å². The highest BCUT2D eigenvalue weighted by Crippen LogP contribution is 2.30. The Morgan fingerprint density at radius 3 is 2.76 bits per heavy atom. The number of fused-ring (bicyclic) bond motifs is 1. The summed E-state index contributed by atoms with van der Waals surface area (Å²) in [7, 11) is 0. The Hall–Kier alpha value is -2.00. The standard InChI is InChI=1S/C18H21NO2/c1-3-15-16-8-4-5-9-17(16)21-18(15)13(2)19-11-10-14-7-6-12-20-14/h4-9,12-13,19H,3,10-11H2,1-2H3. The molecular formula is C18H21NO2. The molecule has 0 saturated heterocycles. The first-order chi connectivity index (χ1) is 10.3. The van der Waals surface area contributed by atoms with Crippen molar-refractivity contribution in [3.05, 3.63) is 59.7 Å². The van der Waals surface area contributed by atoms with E-state index in [9.17, 15) is 0 Å². The normalized spacial score (nSPS) is 12.9. The zero-order valence-electron chi connectivity index (χ0n) is 12.6. The molecule has 3 rings (SSSR count). The van der Waals surface area contributed by atoms with Gasteiger partial charge in [0.15, 0.2) is 0 Å². The lowest BCUT2D eigenvalue weighted by Gasteiger charge is -2.12. The Morgan fingerprint density at radius 1 is 1.14 bits per heavy atom. The van der Waals surface area contributed by atoms with Gasteiger partial charge in [-0.15, -0.1) is 0 Å². The predicted molar refractivity (Wildman–Crippen MR) is 84.4 cm³/mol. The molecule has 3 nitrogen and oxygen atoms in total. The van der Waals surface area contributed by atoms with Crippen molar-refractivity contribution in [3.63, 3.8) is 0 Å². The van der Waals surface area contributed by atoms with E-state index in [0.717, 1.165) is 36.5 Å². The number of furan rings is 2. The fourth-order valence-corrected chi connectivity index (χ4v) is 2.79. The zero-order chi connectivity index (χ0) is 14.7. The van der Waals surface area contributed by atoms with Crippen molar-refractivity contribution >= 4 is 11.0 Å². The number of para-hydroxylation sites is 1. The Morgan fingerprint density at radius 2 is 2.00 bits per heavy atom. The first kappa shape index (κ1) is 14.0. The molecule has 0 saturated carbocycles. The molecule has 0 aliphatic heterocycles. The van der Waals surface area contributed by atoms with Crippen molar-refractivity contribution in [1.82, 2.24) is 5.32 Å². The fourth-order valence-electron chi connectivity index (χ4n) is 2.79. The maximum Gasteiger partial charge on any atom is 0.134 e. The highest BCUT2D eigenvalue weighted by molar-refractivity contribution is 5.82. The van der Waals surface area contributed by atoms with Crippen molar-refractivity contribution in [1.29, 1.82) is 0 Å². The quantitative estimate of drug-likeness (QED) is 0.724. The lowest BCUT2D eigenvalue weighted by molar-refractivity contribution is 0.435. The van der Waals surface area contributed by atoms with Crippen LogP contribution in [0.4, 0.5) is 0 Å². The summed E-state index contributed by atoms with van der Waals surface area (Å²) in [6.45, 7) is 5.20. The Labute approximate surface area is 124 Å². The van der Waals surface area contributed by atoms with Crippen LogP contribution in [0.1, 0.15) is 37.0 Å². The number of nitrogens with one attached hydrogen (secondary N) is 1. The van der Waals surface area contributed by atoms with Gasteiger partial charge >= 0.3 is 0 Å². The smallest absolute Gasteiger partial charge is 0.134 e. The molecular weight excluding hydrogens is 262 g/mol. The van der Waals surface area contributed by atoms with Crippen LogP contribution in [0.2, 0.25) is 0 Å². The topological polar surface area (TPSA) is 38.3 Å². The highest BCUT2D eigenvalue weighted by atomic mass is 16.3. The molecule has 110 valence electrons. The molecule has 1 N–H and O–H groups in total. The third kappa shape index (κ3) is 2.88. The first-order valence-electron chi connectivity index (χ1n) is 7.55. The fraction of sp³-hybridized carbons (Fsp3) is 0.333. The van der Waals surface area contributed by atoms with Gasteiger partial charge in [0.2, 0.25) is 0 Å². The minimum Gasteiger partial charge on any atom is -0.469 e. The average Bonchev–Trinajstić information content (AvgIpc) is 3.13. The van der Waals surface area contributed by atoms with Crippen LogP contribution in [0.5, 0.6) is 0 Å². The predicted octanol–water partition coefficient (Wildman–Crippen LogP) is 4.48. The van der Waals surface area contributed by atoms with Crippen LogP contribution in [0.15, 0.2) is 51.5 Å². The number of benzene rings is 1. The van der Waals surface area contributed by atoms with Gasteiger partial charge in [-0.2, -0.15) is 0 Å². The summed E-state index contributed by atoms with van der Waals surface area (Å²) in [6.07, 6.45) is 3.59. The summed E-state index contributed by atoms with van der Waals surface area (Å²) in [4.78, 5) is 0. The van der Waals surface area contributed by atoms with Gasteiger partial charge in [0, 0.05) is 23.9 Å². The third-order valence-corrected chi connectivity index (χ3v) is 3.88. The molecule has 1 atom stereocenters. The van der Waals surface area contributed by atoms with Crippen LogP contribution < -0.4 is 5.32 Å². The Kier molecular flexibility index (Phi) is 4.11. The van der Waals surface area contributed by atoms with Crippen LogP contribution in [0.3, 0.4) is 0 Å². The van der Waals surface area contributed by atoms with Crippen LogP contribution in [0, 0.1) is 0 Å². The maximum absolute atomic E-state index is 6.05. The Balaban J connectivity index is 1.73. The van der Waals surface area contributed by atoms with Gasteiger partial charge in [-0.25, -0.2) is 0 Å². The van der Waals surface area contributed by atoms with E-state index in [1.54, 1.807) is 6.26 Å². The van der Waals surface area contributed by atoms with Gasteiger partial charge in [0.05, 0.1) is 12.3 Å². The van der Waals surface area contributed by atoms with E-state index in [-0.39, 0.29) is 6.04 Å². The monoisotopic (exact) mass is 283 g/mol. The van der Waals surface area contributed by atoms with Gasteiger partial charge in [-0.05, 0) is 31.5 Å². The molecule has 3 aromatic rings. The summed E-state index contributed by atoms with van der Waals surface area (Å²) in [6, 6.07) is 12.4. The summed E-state index contributed by atoms with van der Waals surface area (Å²) < 4.78 is 11.4. The van der Waals surface area contributed by atoms with Crippen LogP contribution >= 0.6 is 0 Å². The molecule has 0 aliphatic rings. The second-order valence-electron chi connectivity index (χ2n) is 5.30.